The molecule has 1 aromatic heterocycles. The number of aromatic nitrogens is 2. The Kier molecular flexibility index (Phi) is 4.21. The fraction of sp³-hybridized carbons (Fsp3) is 0.238. The summed E-state index contributed by atoms with van der Waals surface area (Å²) in [6, 6.07) is 15.6. The van der Waals surface area contributed by atoms with E-state index < -0.39 is 0 Å². The molecule has 1 aliphatic carbocycles. The molecule has 0 amide bonds. The van der Waals surface area contributed by atoms with E-state index in [2.05, 4.69) is 5.10 Å². The number of benzene rings is 2. The highest BCUT2D eigenvalue weighted by Gasteiger charge is 2.31. The molecule has 1 atom stereocenters. The average Bonchev–Trinajstić information content (AvgIpc) is 3.12. The number of ketones is 1. The topological polar surface area (TPSA) is 53.4 Å². The molecule has 0 aliphatic heterocycles. The van der Waals surface area contributed by atoms with Crippen molar-refractivity contribution in [3.05, 3.63) is 71.5 Å². The van der Waals surface area contributed by atoms with Crippen LogP contribution in [0.5, 0.6) is 11.5 Å². The van der Waals surface area contributed by atoms with Crippen LogP contribution in [0.25, 0.3) is 5.69 Å². The number of carbonyl (C=O) groups excluding carboxylic acids is 1. The maximum absolute atomic E-state index is 12.7. The number of fused-ring (bicyclic) bond motifs is 1. The summed E-state index contributed by atoms with van der Waals surface area (Å²) in [5, 5.41) is 4.47. The molecule has 4 rings (SSSR count). The standard InChI is InChI=1S/C21H20N2O3/c1-25-16-9-7-15(8-10-16)23-19-11-14(12-20(24)18(19)13-22-23)17-5-3-4-6-21(17)26-2/h3-10,13-14H,11-12H2,1-2H3/t14-/m0/s1. The van der Waals surface area contributed by atoms with Gasteiger partial charge in [-0.05, 0) is 42.3 Å². The highest BCUT2D eigenvalue weighted by molar-refractivity contribution is 5.98. The molecule has 2 aromatic carbocycles. The predicted molar refractivity (Wildman–Crippen MR) is 98.5 cm³/mol. The molecule has 0 unspecified atom stereocenters. The number of ether oxygens (including phenoxy) is 2. The Balaban J connectivity index is 1.73. The molecular formula is C21H20N2O3. The van der Waals surface area contributed by atoms with Crippen molar-refractivity contribution in [1.82, 2.24) is 9.78 Å². The molecule has 5 heteroatoms. The van der Waals surface area contributed by atoms with Crippen LogP contribution in [0, 0.1) is 0 Å². The number of rotatable bonds is 4. The highest BCUT2D eigenvalue weighted by atomic mass is 16.5. The van der Waals surface area contributed by atoms with Gasteiger partial charge in [0.25, 0.3) is 0 Å². The second-order valence-corrected chi connectivity index (χ2v) is 6.39. The summed E-state index contributed by atoms with van der Waals surface area (Å²) in [5.41, 5.74) is 3.64. The lowest BCUT2D eigenvalue weighted by Gasteiger charge is -2.24. The van der Waals surface area contributed by atoms with Gasteiger partial charge in [0.15, 0.2) is 5.78 Å². The van der Waals surface area contributed by atoms with Crippen LogP contribution in [0.1, 0.15) is 34.0 Å². The van der Waals surface area contributed by atoms with E-state index in [0.29, 0.717) is 12.0 Å². The first-order valence-corrected chi connectivity index (χ1v) is 8.58. The van der Waals surface area contributed by atoms with Crippen LogP contribution in [0.2, 0.25) is 0 Å². The lowest BCUT2D eigenvalue weighted by Crippen LogP contribution is -2.20. The number of carbonyl (C=O) groups is 1. The van der Waals surface area contributed by atoms with Gasteiger partial charge >= 0.3 is 0 Å². The third-order valence-electron chi connectivity index (χ3n) is 4.94. The normalized spacial score (nSPS) is 16.2. The summed E-state index contributed by atoms with van der Waals surface area (Å²) in [7, 11) is 3.30. The molecule has 1 heterocycles. The van der Waals surface area contributed by atoms with E-state index in [-0.39, 0.29) is 11.7 Å². The number of nitrogens with zero attached hydrogens (tertiary/aromatic N) is 2. The van der Waals surface area contributed by atoms with Gasteiger partial charge in [0, 0.05) is 12.3 Å². The summed E-state index contributed by atoms with van der Waals surface area (Å²) in [5.74, 6) is 1.82. The monoisotopic (exact) mass is 348 g/mol. The minimum atomic E-state index is 0.0832. The summed E-state index contributed by atoms with van der Waals surface area (Å²) < 4.78 is 12.6. The van der Waals surface area contributed by atoms with Crippen LogP contribution >= 0.6 is 0 Å². The number of Topliss-reactive ketones (excluding diaryl/α,β-unsaturated/α-hetero) is 1. The van der Waals surface area contributed by atoms with Gasteiger partial charge in [0.05, 0.1) is 37.4 Å². The van der Waals surface area contributed by atoms with Crippen molar-refractivity contribution in [3.8, 4) is 17.2 Å². The van der Waals surface area contributed by atoms with Crippen molar-refractivity contribution < 1.29 is 14.3 Å². The van der Waals surface area contributed by atoms with Crippen molar-refractivity contribution in [3.63, 3.8) is 0 Å². The van der Waals surface area contributed by atoms with E-state index in [1.54, 1.807) is 20.4 Å². The summed E-state index contributed by atoms with van der Waals surface area (Å²) >= 11 is 0. The van der Waals surface area contributed by atoms with Crippen molar-refractivity contribution in [2.75, 3.05) is 14.2 Å². The van der Waals surface area contributed by atoms with Crippen LogP contribution in [0.15, 0.2) is 54.7 Å². The van der Waals surface area contributed by atoms with Gasteiger partial charge in [-0.3, -0.25) is 4.79 Å². The van der Waals surface area contributed by atoms with Gasteiger partial charge in [0.2, 0.25) is 0 Å². The molecule has 0 saturated heterocycles. The Morgan fingerprint density at radius 3 is 2.50 bits per heavy atom. The summed E-state index contributed by atoms with van der Waals surface area (Å²) in [6.07, 6.45) is 2.90. The highest BCUT2D eigenvalue weighted by Crippen LogP contribution is 2.37. The predicted octanol–water partition coefficient (Wildman–Crippen LogP) is 3.80. The largest absolute Gasteiger partial charge is 0.497 e. The Bertz CT molecular complexity index is 944. The third-order valence-corrected chi connectivity index (χ3v) is 4.94. The number of methoxy groups -OCH3 is 2. The van der Waals surface area contributed by atoms with Crippen molar-refractivity contribution in [1.29, 1.82) is 0 Å². The van der Waals surface area contributed by atoms with Crippen LogP contribution in [-0.4, -0.2) is 29.8 Å². The lowest BCUT2D eigenvalue weighted by atomic mass is 9.82. The van der Waals surface area contributed by atoms with Crippen LogP contribution in [0.3, 0.4) is 0 Å². The SMILES string of the molecule is COc1ccc(-n2ncc3c2C[C@H](c2ccccc2OC)CC3=O)cc1. The molecule has 0 N–H and O–H groups in total. The lowest BCUT2D eigenvalue weighted by molar-refractivity contribution is 0.0963. The molecule has 0 fully saturated rings. The zero-order valence-corrected chi connectivity index (χ0v) is 14.8. The van der Waals surface area contributed by atoms with E-state index in [9.17, 15) is 4.79 Å². The molecule has 3 aromatic rings. The minimum Gasteiger partial charge on any atom is -0.497 e. The summed E-state index contributed by atoms with van der Waals surface area (Å²) in [4.78, 5) is 12.7. The molecule has 26 heavy (non-hydrogen) atoms. The van der Waals surface area contributed by atoms with Crippen LogP contribution in [0.4, 0.5) is 0 Å². The van der Waals surface area contributed by atoms with E-state index in [1.807, 2.05) is 53.2 Å². The van der Waals surface area contributed by atoms with E-state index in [4.69, 9.17) is 9.47 Å². The Morgan fingerprint density at radius 2 is 1.77 bits per heavy atom. The van der Waals surface area contributed by atoms with Gasteiger partial charge in [0.1, 0.15) is 11.5 Å². The van der Waals surface area contributed by atoms with Gasteiger partial charge in [-0.1, -0.05) is 18.2 Å². The molecule has 1 aliphatic rings. The zero-order chi connectivity index (χ0) is 18.1. The zero-order valence-electron chi connectivity index (χ0n) is 14.8. The van der Waals surface area contributed by atoms with E-state index >= 15 is 0 Å². The first-order chi connectivity index (χ1) is 12.7. The molecule has 0 bridgehead atoms. The van der Waals surface area contributed by atoms with Gasteiger partial charge in [-0.15, -0.1) is 0 Å². The number of hydrogen-bond donors (Lipinski definition) is 0. The Hall–Kier alpha value is -3.08. The third kappa shape index (κ3) is 2.75. The molecule has 5 nitrogen and oxygen atoms in total. The molecule has 0 radical (unpaired) electrons. The quantitative estimate of drug-likeness (QED) is 0.720. The van der Waals surface area contributed by atoms with Crippen LogP contribution < -0.4 is 9.47 Å². The van der Waals surface area contributed by atoms with E-state index in [1.165, 1.54) is 0 Å². The first kappa shape index (κ1) is 16.4. The van der Waals surface area contributed by atoms with E-state index in [0.717, 1.165) is 34.9 Å². The van der Waals surface area contributed by atoms with Crippen molar-refractivity contribution >= 4 is 5.78 Å². The molecular weight excluding hydrogens is 328 g/mol. The second kappa shape index (κ2) is 6.67. The van der Waals surface area contributed by atoms with Gasteiger partial charge in [-0.2, -0.15) is 5.10 Å². The van der Waals surface area contributed by atoms with Crippen molar-refractivity contribution in [2.24, 2.45) is 0 Å². The smallest absolute Gasteiger partial charge is 0.166 e. The molecule has 0 saturated carbocycles. The Labute approximate surface area is 152 Å². The summed E-state index contributed by atoms with van der Waals surface area (Å²) in [6.45, 7) is 0. The number of para-hydroxylation sites is 1. The fourth-order valence-electron chi connectivity index (χ4n) is 3.61. The number of hydrogen-bond acceptors (Lipinski definition) is 4. The van der Waals surface area contributed by atoms with Gasteiger partial charge < -0.3 is 9.47 Å². The molecule has 132 valence electrons. The maximum atomic E-state index is 12.7. The van der Waals surface area contributed by atoms with Crippen LogP contribution in [-0.2, 0) is 6.42 Å². The molecule has 0 spiro atoms. The Morgan fingerprint density at radius 1 is 1.00 bits per heavy atom. The van der Waals surface area contributed by atoms with Gasteiger partial charge in [-0.25, -0.2) is 4.68 Å². The fourth-order valence-corrected chi connectivity index (χ4v) is 3.61. The second-order valence-electron chi connectivity index (χ2n) is 6.39. The minimum absolute atomic E-state index is 0.0832. The first-order valence-electron chi connectivity index (χ1n) is 8.58. The van der Waals surface area contributed by atoms with Crippen molar-refractivity contribution in [2.45, 2.75) is 18.8 Å². The maximum Gasteiger partial charge on any atom is 0.166 e. The average molecular weight is 348 g/mol.